The maximum absolute atomic E-state index is 7.28. The molecular weight excluding hydrogens is 162 g/mol. The maximum atomic E-state index is 7.28. The van der Waals surface area contributed by atoms with Gasteiger partial charge in [0.05, 0.1) is 0 Å². The Morgan fingerprint density at radius 2 is 2.15 bits per heavy atom. The molecule has 3 N–H and O–H groups in total. The number of hydrogen-bond donors (Lipinski definition) is 2. The molecule has 0 amide bonds. The molecule has 0 fully saturated rings. The van der Waals surface area contributed by atoms with Crippen molar-refractivity contribution in [3.8, 4) is 0 Å². The van der Waals surface area contributed by atoms with Gasteiger partial charge >= 0.3 is 0 Å². The summed E-state index contributed by atoms with van der Waals surface area (Å²) in [6.45, 7) is 0.876. The Bertz CT molecular complexity index is 305. The first-order valence-electron chi connectivity index (χ1n) is 4.17. The van der Waals surface area contributed by atoms with E-state index < -0.39 is 0 Å². The van der Waals surface area contributed by atoms with Crippen LogP contribution in [0.1, 0.15) is 11.1 Å². The van der Waals surface area contributed by atoms with Crippen LogP contribution in [-0.4, -0.2) is 24.8 Å². The average molecular weight is 177 g/mol. The van der Waals surface area contributed by atoms with Crippen molar-refractivity contribution in [2.24, 2.45) is 5.73 Å². The van der Waals surface area contributed by atoms with Gasteiger partial charge in [-0.3, -0.25) is 5.41 Å². The highest BCUT2D eigenvalue weighted by atomic mass is 15.0. The number of rotatable bonds is 3. The zero-order valence-corrected chi connectivity index (χ0v) is 8.04. The predicted octanol–water partition coefficient (Wildman–Crippen LogP) is 1.03. The van der Waals surface area contributed by atoms with Gasteiger partial charge in [-0.25, -0.2) is 0 Å². The highest BCUT2D eigenvalue weighted by Crippen LogP contribution is 2.05. The van der Waals surface area contributed by atoms with Gasteiger partial charge in [-0.05, 0) is 25.7 Å². The van der Waals surface area contributed by atoms with Crippen LogP contribution in [0.5, 0.6) is 0 Å². The van der Waals surface area contributed by atoms with Crippen LogP contribution in [0.15, 0.2) is 24.3 Å². The molecule has 3 nitrogen and oxygen atoms in total. The van der Waals surface area contributed by atoms with E-state index >= 15 is 0 Å². The molecular formula is C10H15N3. The third-order valence-corrected chi connectivity index (χ3v) is 1.74. The van der Waals surface area contributed by atoms with Gasteiger partial charge in [-0.15, -0.1) is 0 Å². The van der Waals surface area contributed by atoms with Crippen molar-refractivity contribution in [3.63, 3.8) is 0 Å². The Morgan fingerprint density at radius 1 is 1.46 bits per heavy atom. The van der Waals surface area contributed by atoms with Gasteiger partial charge in [-0.1, -0.05) is 18.2 Å². The molecule has 0 aliphatic heterocycles. The summed E-state index contributed by atoms with van der Waals surface area (Å²) in [5.74, 6) is 0.126. The molecule has 3 heteroatoms. The summed E-state index contributed by atoms with van der Waals surface area (Å²) in [5, 5.41) is 7.28. The number of amidine groups is 1. The number of nitrogen functional groups attached to an aromatic ring is 1. The molecule has 0 bridgehead atoms. The van der Waals surface area contributed by atoms with Crippen LogP contribution in [-0.2, 0) is 6.54 Å². The van der Waals surface area contributed by atoms with Gasteiger partial charge in [0.2, 0.25) is 0 Å². The van der Waals surface area contributed by atoms with Crippen LogP contribution < -0.4 is 5.73 Å². The molecule has 0 aliphatic carbocycles. The molecule has 0 aliphatic rings. The van der Waals surface area contributed by atoms with E-state index in [0.29, 0.717) is 0 Å². The molecule has 0 aromatic heterocycles. The molecule has 0 radical (unpaired) electrons. The maximum Gasteiger partial charge on any atom is 0.122 e. The quantitative estimate of drug-likeness (QED) is 0.535. The molecule has 70 valence electrons. The zero-order chi connectivity index (χ0) is 9.84. The van der Waals surface area contributed by atoms with E-state index in [2.05, 4.69) is 4.90 Å². The predicted molar refractivity (Wildman–Crippen MR) is 54.8 cm³/mol. The van der Waals surface area contributed by atoms with Gasteiger partial charge < -0.3 is 10.6 Å². The fourth-order valence-electron chi connectivity index (χ4n) is 1.20. The minimum atomic E-state index is 0.126. The molecule has 0 unspecified atom stereocenters. The largest absolute Gasteiger partial charge is 0.384 e. The topological polar surface area (TPSA) is 53.1 Å². The fourth-order valence-corrected chi connectivity index (χ4v) is 1.20. The van der Waals surface area contributed by atoms with Gasteiger partial charge in [0.25, 0.3) is 0 Å². The van der Waals surface area contributed by atoms with E-state index in [4.69, 9.17) is 11.1 Å². The average Bonchev–Trinajstić information content (AvgIpc) is 2.03. The number of nitrogens with one attached hydrogen (secondary N) is 1. The van der Waals surface area contributed by atoms with Crippen molar-refractivity contribution in [1.29, 1.82) is 5.41 Å². The normalized spacial score (nSPS) is 10.4. The Labute approximate surface area is 78.7 Å². The van der Waals surface area contributed by atoms with Gasteiger partial charge in [0.15, 0.2) is 0 Å². The summed E-state index contributed by atoms with van der Waals surface area (Å²) in [7, 11) is 4.03. The number of hydrogen-bond acceptors (Lipinski definition) is 2. The number of nitrogens with zero attached hydrogens (tertiary/aromatic N) is 1. The van der Waals surface area contributed by atoms with E-state index in [1.54, 1.807) is 0 Å². The van der Waals surface area contributed by atoms with Crippen molar-refractivity contribution in [2.45, 2.75) is 6.54 Å². The Morgan fingerprint density at radius 3 is 2.69 bits per heavy atom. The van der Waals surface area contributed by atoms with Crippen molar-refractivity contribution in [3.05, 3.63) is 35.4 Å². The van der Waals surface area contributed by atoms with E-state index in [1.165, 1.54) is 5.56 Å². The zero-order valence-electron chi connectivity index (χ0n) is 8.04. The van der Waals surface area contributed by atoms with Crippen molar-refractivity contribution in [2.75, 3.05) is 14.1 Å². The molecule has 1 rings (SSSR count). The van der Waals surface area contributed by atoms with Crippen molar-refractivity contribution in [1.82, 2.24) is 4.90 Å². The van der Waals surface area contributed by atoms with E-state index in [9.17, 15) is 0 Å². The third kappa shape index (κ3) is 2.87. The lowest BCUT2D eigenvalue weighted by atomic mass is 10.1. The highest BCUT2D eigenvalue weighted by Gasteiger charge is 1.98. The van der Waals surface area contributed by atoms with E-state index in [1.807, 2.05) is 38.4 Å². The van der Waals surface area contributed by atoms with Crippen LogP contribution in [0.25, 0.3) is 0 Å². The third-order valence-electron chi connectivity index (χ3n) is 1.74. The summed E-state index contributed by atoms with van der Waals surface area (Å²) in [5.41, 5.74) is 7.35. The molecule has 1 aromatic rings. The van der Waals surface area contributed by atoms with Gasteiger partial charge in [0.1, 0.15) is 5.84 Å². The standard InChI is InChI=1S/C10H15N3/c1-13(2)7-8-4-3-5-9(6-8)10(11)12/h3-6H,7H2,1-2H3,(H3,11,12). The Kier molecular flexibility index (Phi) is 3.03. The first-order chi connectivity index (χ1) is 6.09. The lowest BCUT2D eigenvalue weighted by molar-refractivity contribution is 0.402. The van der Waals surface area contributed by atoms with Crippen molar-refractivity contribution >= 4 is 5.84 Å². The smallest absolute Gasteiger partial charge is 0.122 e. The number of benzene rings is 1. The molecule has 0 heterocycles. The SMILES string of the molecule is CN(C)Cc1cccc(C(=N)N)c1. The molecule has 13 heavy (non-hydrogen) atoms. The van der Waals surface area contributed by atoms with E-state index in [-0.39, 0.29) is 5.84 Å². The lowest BCUT2D eigenvalue weighted by Crippen LogP contribution is -2.14. The fraction of sp³-hybridized carbons (Fsp3) is 0.300. The second-order valence-corrected chi connectivity index (χ2v) is 3.35. The lowest BCUT2D eigenvalue weighted by Gasteiger charge is -2.10. The number of nitrogens with two attached hydrogens (primary N) is 1. The molecule has 0 spiro atoms. The van der Waals surface area contributed by atoms with Gasteiger partial charge in [-0.2, -0.15) is 0 Å². The van der Waals surface area contributed by atoms with Crippen molar-refractivity contribution < 1.29 is 0 Å². The van der Waals surface area contributed by atoms with E-state index in [0.717, 1.165) is 12.1 Å². The van der Waals surface area contributed by atoms with Crippen LogP contribution in [0.4, 0.5) is 0 Å². The summed E-state index contributed by atoms with van der Waals surface area (Å²) in [4.78, 5) is 2.08. The molecule has 0 saturated heterocycles. The van der Waals surface area contributed by atoms with Crippen LogP contribution in [0.3, 0.4) is 0 Å². The minimum Gasteiger partial charge on any atom is -0.384 e. The van der Waals surface area contributed by atoms with Crippen LogP contribution in [0.2, 0.25) is 0 Å². The highest BCUT2D eigenvalue weighted by molar-refractivity contribution is 5.95. The monoisotopic (exact) mass is 177 g/mol. The minimum absolute atomic E-state index is 0.126. The first kappa shape index (κ1) is 9.74. The Balaban J connectivity index is 2.85. The summed E-state index contributed by atoms with van der Waals surface area (Å²) >= 11 is 0. The second-order valence-electron chi connectivity index (χ2n) is 3.35. The summed E-state index contributed by atoms with van der Waals surface area (Å²) < 4.78 is 0. The Hall–Kier alpha value is -1.35. The second kappa shape index (κ2) is 4.05. The molecule has 1 aromatic carbocycles. The van der Waals surface area contributed by atoms with Crippen LogP contribution in [0, 0.1) is 5.41 Å². The molecule has 0 atom stereocenters. The first-order valence-corrected chi connectivity index (χ1v) is 4.17. The van der Waals surface area contributed by atoms with Crippen LogP contribution >= 0.6 is 0 Å². The summed E-state index contributed by atoms with van der Waals surface area (Å²) in [6, 6.07) is 7.76. The van der Waals surface area contributed by atoms with Gasteiger partial charge in [0, 0.05) is 12.1 Å². The summed E-state index contributed by atoms with van der Waals surface area (Å²) in [6.07, 6.45) is 0. The molecule has 0 saturated carbocycles.